The maximum Gasteiger partial charge on any atom is 0.123 e. The molecule has 0 aromatic heterocycles. The molecule has 0 amide bonds. The maximum absolute atomic E-state index is 6.42. The van der Waals surface area contributed by atoms with E-state index >= 15 is 0 Å². The van der Waals surface area contributed by atoms with Crippen molar-refractivity contribution >= 4 is 0 Å². The van der Waals surface area contributed by atoms with Crippen LogP contribution in [-0.4, -0.2) is 19.8 Å². The first-order valence-electron chi connectivity index (χ1n) is 21.6. The third-order valence-electron chi connectivity index (χ3n) is 13.1. The fraction of sp³-hybridized carbons (Fsp3) is 0.633. The van der Waals surface area contributed by atoms with E-state index < -0.39 is 0 Å². The molecule has 0 heterocycles. The van der Waals surface area contributed by atoms with E-state index in [1.54, 1.807) is 0 Å². The summed E-state index contributed by atoms with van der Waals surface area (Å²) in [5.41, 5.74) is 12.9. The molecule has 3 aliphatic carbocycles. The van der Waals surface area contributed by atoms with Gasteiger partial charge in [0.25, 0.3) is 0 Å². The van der Waals surface area contributed by atoms with Gasteiger partial charge in [-0.05, 0) is 178 Å². The molecule has 0 spiro atoms. The van der Waals surface area contributed by atoms with E-state index in [4.69, 9.17) is 14.2 Å². The molecular weight excluding hydrogens is 637 g/mol. The minimum atomic E-state index is 0.273. The largest absolute Gasteiger partial charge is 0.494 e. The highest BCUT2D eigenvalue weighted by Crippen LogP contribution is 2.48. The highest BCUT2D eigenvalue weighted by atomic mass is 16.5. The van der Waals surface area contributed by atoms with E-state index in [2.05, 4.69) is 84.9 Å². The minimum absolute atomic E-state index is 0.273. The van der Waals surface area contributed by atoms with Crippen LogP contribution in [0.1, 0.15) is 210 Å². The summed E-state index contributed by atoms with van der Waals surface area (Å²) in [6.45, 7) is 18.0. The molecule has 0 aliphatic heterocycles. The van der Waals surface area contributed by atoms with Crippen LogP contribution in [0.3, 0.4) is 0 Å². The number of hydrogen-bond acceptors (Lipinski definition) is 3. The summed E-state index contributed by atoms with van der Waals surface area (Å²) in [5, 5.41) is 0. The molecule has 3 fully saturated rings. The Hall–Kier alpha value is -2.94. The van der Waals surface area contributed by atoms with E-state index in [1.165, 1.54) is 146 Å². The van der Waals surface area contributed by atoms with Gasteiger partial charge < -0.3 is 14.2 Å². The number of ether oxygens (including phenoxy) is 3. The van der Waals surface area contributed by atoms with Crippen molar-refractivity contribution in [3.63, 3.8) is 0 Å². The van der Waals surface area contributed by atoms with Gasteiger partial charge in [-0.15, -0.1) is 0 Å². The molecule has 3 aromatic rings. The topological polar surface area (TPSA) is 27.7 Å². The quantitative estimate of drug-likeness (QED) is 0.167. The van der Waals surface area contributed by atoms with Gasteiger partial charge in [-0.25, -0.2) is 0 Å². The maximum atomic E-state index is 6.42. The van der Waals surface area contributed by atoms with E-state index in [1.807, 2.05) is 0 Å². The standard InChI is InChI=1S/C49H70O3/c1-8-50-47-27-34(5)40(30-43(47)37-20-14-11-15-21-37)33(4)26-46(41-31-44(38-22-16-12-17-23-38)48(51-9-2)28-35(41)6)42-32-45(39-24-18-13-19-25-39)49(52-10-3)29-36(42)7/h27-33,37-39,46H,8-26H2,1-7H3. The highest BCUT2D eigenvalue weighted by Gasteiger charge is 2.30. The molecule has 52 heavy (non-hydrogen) atoms. The predicted octanol–water partition coefficient (Wildman–Crippen LogP) is 14.3. The zero-order valence-corrected chi connectivity index (χ0v) is 34.0. The van der Waals surface area contributed by atoms with Gasteiger partial charge in [0.2, 0.25) is 0 Å². The summed E-state index contributed by atoms with van der Waals surface area (Å²) in [6, 6.07) is 15.0. The summed E-state index contributed by atoms with van der Waals surface area (Å²) in [6.07, 6.45) is 20.8. The Kier molecular flexibility index (Phi) is 13.7. The number of benzene rings is 3. The van der Waals surface area contributed by atoms with Crippen LogP contribution in [0.25, 0.3) is 0 Å². The van der Waals surface area contributed by atoms with Gasteiger partial charge in [0.05, 0.1) is 19.8 Å². The van der Waals surface area contributed by atoms with Gasteiger partial charge in [-0.3, -0.25) is 0 Å². The molecule has 0 saturated heterocycles. The SMILES string of the molecule is CCOc1cc(C)c(C(C)CC(c2cc(C3CCCCC3)c(OCC)cc2C)c2cc(C3CCCCC3)c(OCC)cc2C)cc1C1CCCCC1. The van der Waals surface area contributed by atoms with Crippen molar-refractivity contribution in [2.24, 2.45) is 0 Å². The molecule has 284 valence electrons. The zero-order chi connectivity index (χ0) is 36.6. The highest BCUT2D eigenvalue weighted by molar-refractivity contribution is 5.53. The lowest BCUT2D eigenvalue weighted by Gasteiger charge is -2.32. The molecule has 0 N–H and O–H groups in total. The summed E-state index contributed by atoms with van der Waals surface area (Å²) in [5.74, 6) is 5.79. The summed E-state index contributed by atoms with van der Waals surface area (Å²) >= 11 is 0. The fourth-order valence-corrected chi connectivity index (χ4v) is 10.4. The molecule has 1 atom stereocenters. The van der Waals surface area contributed by atoms with Gasteiger partial charge in [0, 0.05) is 5.92 Å². The summed E-state index contributed by atoms with van der Waals surface area (Å²) < 4.78 is 19.2. The Balaban J connectivity index is 1.48. The molecule has 0 radical (unpaired) electrons. The Morgan fingerprint density at radius 3 is 1.10 bits per heavy atom. The van der Waals surface area contributed by atoms with Crippen molar-refractivity contribution in [2.45, 2.75) is 181 Å². The Labute approximate surface area is 317 Å². The molecular formula is C49H70O3. The number of aryl methyl sites for hydroxylation is 3. The lowest BCUT2D eigenvalue weighted by atomic mass is 9.74. The average molecular weight is 707 g/mol. The van der Waals surface area contributed by atoms with Crippen molar-refractivity contribution in [2.75, 3.05) is 19.8 Å². The molecule has 0 bridgehead atoms. The second kappa shape index (κ2) is 18.4. The van der Waals surface area contributed by atoms with E-state index in [0.29, 0.717) is 36.9 Å². The van der Waals surface area contributed by atoms with Gasteiger partial charge >= 0.3 is 0 Å². The van der Waals surface area contributed by atoms with Gasteiger partial charge in [0.1, 0.15) is 17.2 Å². The smallest absolute Gasteiger partial charge is 0.123 e. The van der Waals surface area contributed by atoms with Crippen molar-refractivity contribution in [3.8, 4) is 17.2 Å². The van der Waals surface area contributed by atoms with Crippen LogP contribution in [0, 0.1) is 20.8 Å². The molecule has 3 aromatic carbocycles. The van der Waals surface area contributed by atoms with Crippen LogP contribution in [0.5, 0.6) is 17.2 Å². The average Bonchev–Trinajstić information content (AvgIpc) is 3.16. The van der Waals surface area contributed by atoms with Crippen molar-refractivity contribution in [1.82, 2.24) is 0 Å². The first-order chi connectivity index (χ1) is 25.3. The van der Waals surface area contributed by atoms with Crippen LogP contribution in [0.15, 0.2) is 36.4 Å². The van der Waals surface area contributed by atoms with Crippen molar-refractivity contribution < 1.29 is 14.2 Å². The van der Waals surface area contributed by atoms with E-state index in [9.17, 15) is 0 Å². The molecule has 3 nitrogen and oxygen atoms in total. The zero-order valence-electron chi connectivity index (χ0n) is 34.0. The number of rotatable bonds is 14. The van der Waals surface area contributed by atoms with Crippen LogP contribution >= 0.6 is 0 Å². The van der Waals surface area contributed by atoms with Crippen molar-refractivity contribution in [3.05, 3.63) is 86.5 Å². The Morgan fingerprint density at radius 1 is 0.462 bits per heavy atom. The van der Waals surface area contributed by atoms with Crippen LogP contribution < -0.4 is 14.2 Å². The third-order valence-corrected chi connectivity index (χ3v) is 13.1. The molecule has 3 aliphatic rings. The Morgan fingerprint density at radius 2 is 0.769 bits per heavy atom. The van der Waals surface area contributed by atoms with Crippen LogP contribution in [-0.2, 0) is 0 Å². The van der Waals surface area contributed by atoms with E-state index in [-0.39, 0.29) is 5.92 Å². The van der Waals surface area contributed by atoms with Crippen LogP contribution in [0.2, 0.25) is 0 Å². The second-order valence-corrected chi connectivity index (χ2v) is 16.7. The predicted molar refractivity (Wildman–Crippen MR) is 219 cm³/mol. The normalized spacial score (nSPS) is 18.5. The third kappa shape index (κ3) is 8.88. The number of hydrogen-bond donors (Lipinski definition) is 0. The van der Waals surface area contributed by atoms with Crippen molar-refractivity contribution in [1.29, 1.82) is 0 Å². The van der Waals surface area contributed by atoms with E-state index in [0.717, 1.165) is 30.3 Å². The molecule has 3 heteroatoms. The second-order valence-electron chi connectivity index (χ2n) is 16.7. The van der Waals surface area contributed by atoms with Gasteiger partial charge in [0.15, 0.2) is 0 Å². The lowest BCUT2D eigenvalue weighted by Crippen LogP contribution is -2.15. The minimum Gasteiger partial charge on any atom is -0.494 e. The fourth-order valence-electron chi connectivity index (χ4n) is 10.4. The van der Waals surface area contributed by atoms with Gasteiger partial charge in [-0.1, -0.05) is 82.9 Å². The monoisotopic (exact) mass is 707 g/mol. The summed E-state index contributed by atoms with van der Waals surface area (Å²) in [7, 11) is 0. The molecule has 1 unspecified atom stereocenters. The first-order valence-corrected chi connectivity index (χ1v) is 21.6. The first kappa shape index (κ1) is 38.8. The Bertz CT molecular complexity index is 1520. The molecule has 6 rings (SSSR count). The molecule has 3 saturated carbocycles. The van der Waals surface area contributed by atoms with Gasteiger partial charge in [-0.2, -0.15) is 0 Å². The lowest BCUT2D eigenvalue weighted by molar-refractivity contribution is 0.327. The van der Waals surface area contributed by atoms with Crippen LogP contribution in [0.4, 0.5) is 0 Å². The summed E-state index contributed by atoms with van der Waals surface area (Å²) in [4.78, 5) is 0.